The molecule has 0 atom stereocenters. The van der Waals surface area contributed by atoms with E-state index in [4.69, 9.17) is 14.2 Å². The quantitative estimate of drug-likeness (QED) is 0.322. The van der Waals surface area contributed by atoms with Gasteiger partial charge in [0.25, 0.3) is 11.6 Å². The zero-order chi connectivity index (χ0) is 29.2. The van der Waals surface area contributed by atoms with E-state index in [2.05, 4.69) is 16.1 Å². The molecule has 218 valence electrons. The van der Waals surface area contributed by atoms with E-state index in [9.17, 15) is 9.59 Å². The van der Waals surface area contributed by atoms with Crippen LogP contribution in [0.25, 0.3) is 11.1 Å². The molecular weight excluding hydrogens is 530 g/mol. The van der Waals surface area contributed by atoms with Gasteiger partial charge in [0.1, 0.15) is 5.75 Å². The van der Waals surface area contributed by atoms with Crippen LogP contribution in [0.5, 0.6) is 5.75 Å². The second-order valence-electron chi connectivity index (χ2n) is 11.3. The molecule has 1 aliphatic heterocycles. The third kappa shape index (κ3) is 5.87. The van der Waals surface area contributed by atoms with Gasteiger partial charge in [0, 0.05) is 63.5 Å². The minimum atomic E-state index is -0.0830. The third-order valence-electron chi connectivity index (χ3n) is 8.26. The molecule has 0 saturated heterocycles. The van der Waals surface area contributed by atoms with Crippen LogP contribution >= 0.6 is 0 Å². The van der Waals surface area contributed by atoms with E-state index < -0.39 is 0 Å². The largest absolute Gasteiger partial charge is 0.497 e. The Bertz CT molecular complexity index is 1610. The molecule has 2 amide bonds. The van der Waals surface area contributed by atoms with E-state index in [0.29, 0.717) is 61.0 Å². The molecule has 1 fully saturated rings. The predicted octanol–water partition coefficient (Wildman–Crippen LogP) is 5.32. The molecule has 42 heavy (non-hydrogen) atoms. The number of aromatic nitrogens is 2. The number of carbonyl (C=O) groups excluding carboxylic acids is 2. The number of anilines is 1. The maximum absolute atomic E-state index is 14.5. The van der Waals surface area contributed by atoms with Crippen molar-refractivity contribution in [2.45, 2.75) is 52.1 Å². The minimum Gasteiger partial charge on any atom is -0.497 e. The summed E-state index contributed by atoms with van der Waals surface area (Å²) >= 11 is 0. The summed E-state index contributed by atoms with van der Waals surface area (Å²) in [5, 5.41) is 4.82. The summed E-state index contributed by atoms with van der Waals surface area (Å²) in [6, 6.07) is 17.9. The highest BCUT2D eigenvalue weighted by atomic mass is 16.5. The molecule has 0 bridgehead atoms. The Labute approximate surface area is 246 Å². The summed E-state index contributed by atoms with van der Waals surface area (Å²) in [5.74, 6) is 1.08. The fourth-order valence-electron chi connectivity index (χ4n) is 5.87. The van der Waals surface area contributed by atoms with Crippen LogP contribution < -0.4 is 9.64 Å². The summed E-state index contributed by atoms with van der Waals surface area (Å²) in [6.07, 6.45) is 2.94. The third-order valence-corrected chi connectivity index (χ3v) is 8.26. The first kappa shape index (κ1) is 27.9. The molecule has 1 saturated carbocycles. The number of hydrogen-bond acceptors (Lipinski definition) is 7. The maximum Gasteiger partial charge on any atom is 0.259 e. The number of aryl methyl sites for hydroxylation is 1. The minimum absolute atomic E-state index is 0.0102. The molecular formula is C33H37N5O4. The first-order valence-electron chi connectivity index (χ1n) is 14.7. The van der Waals surface area contributed by atoms with E-state index in [1.807, 2.05) is 65.3 Å². The van der Waals surface area contributed by atoms with E-state index in [1.165, 1.54) is 0 Å². The van der Waals surface area contributed by atoms with Gasteiger partial charge < -0.3 is 19.1 Å². The van der Waals surface area contributed by atoms with Crippen LogP contribution in [0.3, 0.4) is 0 Å². The van der Waals surface area contributed by atoms with Crippen LogP contribution in [0.4, 0.5) is 5.69 Å². The molecule has 0 unspecified atom stereocenters. The lowest BCUT2D eigenvalue weighted by Crippen LogP contribution is -2.38. The van der Waals surface area contributed by atoms with Crippen LogP contribution in [0.15, 0.2) is 59.1 Å². The second-order valence-corrected chi connectivity index (χ2v) is 11.3. The summed E-state index contributed by atoms with van der Waals surface area (Å²) in [7, 11) is 1.67. The standard InChI is InChI=1S/C33H37N5O4/c1-22-31-28(19-29(25-12-13-25)34-32(31)42-35-22)33(40)37-17-16-36(20-24-8-6-10-27(18-24)41-3)14-7-15-38(23(2)39)30-11-5-4-9-26(30)21-37/h4-6,8-11,18-19,25H,7,12-17,20-21H2,1-3H3. The van der Waals surface area contributed by atoms with Crippen molar-refractivity contribution < 1.29 is 18.8 Å². The molecule has 6 rings (SSSR count). The number of carbonyl (C=O) groups is 2. The first-order valence-corrected chi connectivity index (χ1v) is 14.7. The van der Waals surface area contributed by atoms with Crippen molar-refractivity contribution in [3.8, 4) is 5.75 Å². The molecule has 1 aliphatic carbocycles. The normalized spacial score (nSPS) is 16.6. The first-order chi connectivity index (χ1) is 20.4. The van der Waals surface area contributed by atoms with Gasteiger partial charge in [-0.3, -0.25) is 14.5 Å². The SMILES string of the molecule is COc1cccc(CN2CCCN(C(C)=O)c3ccccc3CN(C(=O)c3cc(C4CC4)nc4onc(C)c34)CC2)c1. The van der Waals surface area contributed by atoms with Gasteiger partial charge in [0.2, 0.25) is 5.91 Å². The van der Waals surface area contributed by atoms with Gasteiger partial charge in [-0.25, -0.2) is 4.98 Å². The number of fused-ring (bicyclic) bond motifs is 2. The summed E-state index contributed by atoms with van der Waals surface area (Å²) in [6.45, 7) is 7.12. The topological polar surface area (TPSA) is 92.0 Å². The predicted molar refractivity (Wildman–Crippen MR) is 161 cm³/mol. The van der Waals surface area contributed by atoms with Crippen molar-refractivity contribution in [2.75, 3.05) is 38.2 Å². The number of rotatable bonds is 5. The highest BCUT2D eigenvalue weighted by molar-refractivity contribution is 6.06. The summed E-state index contributed by atoms with van der Waals surface area (Å²) in [5.41, 5.74) is 5.47. The number of hydrogen-bond donors (Lipinski definition) is 0. The second kappa shape index (κ2) is 11.9. The van der Waals surface area contributed by atoms with Crippen molar-refractivity contribution in [3.05, 3.63) is 82.7 Å². The van der Waals surface area contributed by atoms with Gasteiger partial charge in [-0.2, -0.15) is 0 Å². The Morgan fingerprint density at radius 2 is 1.86 bits per heavy atom. The van der Waals surface area contributed by atoms with Crippen LogP contribution in [0, 0.1) is 6.92 Å². The van der Waals surface area contributed by atoms with Crippen molar-refractivity contribution in [2.24, 2.45) is 0 Å². The molecule has 0 radical (unpaired) electrons. The molecule has 4 aromatic rings. The number of para-hydroxylation sites is 1. The lowest BCUT2D eigenvalue weighted by molar-refractivity contribution is -0.116. The van der Waals surface area contributed by atoms with Gasteiger partial charge in [-0.05, 0) is 61.6 Å². The molecule has 2 aromatic carbocycles. The van der Waals surface area contributed by atoms with Gasteiger partial charge in [0.05, 0.1) is 23.8 Å². The monoisotopic (exact) mass is 567 g/mol. The van der Waals surface area contributed by atoms with E-state index in [0.717, 1.165) is 54.1 Å². The van der Waals surface area contributed by atoms with Crippen LogP contribution in [-0.4, -0.2) is 65.0 Å². The van der Waals surface area contributed by atoms with Gasteiger partial charge in [-0.15, -0.1) is 0 Å². The molecule has 0 N–H and O–H groups in total. The molecule has 9 heteroatoms. The lowest BCUT2D eigenvalue weighted by Gasteiger charge is -2.28. The number of amides is 2. The fourth-order valence-corrected chi connectivity index (χ4v) is 5.87. The molecule has 9 nitrogen and oxygen atoms in total. The smallest absolute Gasteiger partial charge is 0.259 e. The number of benzene rings is 2. The highest BCUT2D eigenvalue weighted by Crippen LogP contribution is 2.40. The van der Waals surface area contributed by atoms with Crippen molar-refractivity contribution in [1.82, 2.24) is 19.9 Å². The average Bonchev–Trinajstić information content (AvgIpc) is 3.79. The average molecular weight is 568 g/mol. The molecule has 2 aromatic heterocycles. The van der Waals surface area contributed by atoms with Gasteiger partial charge in [-0.1, -0.05) is 35.5 Å². The Hall–Kier alpha value is -4.24. The van der Waals surface area contributed by atoms with E-state index >= 15 is 0 Å². The molecule has 0 spiro atoms. The number of nitrogens with zero attached hydrogens (tertiary/aromatic N) is 5. The lowest BCUT2D eigenvalue weighted by atomic mass is 10.1. The molecule has 2 aliphatic rings. The van der Waals surface area contributed by atoms with Crippen LogP contribution in [0.1, 0.15) is 65.0 Å². The summed E-state index contributed by atoms with van der Waals surface area (Å²) in [4.78, 5) is 38.1. The Kier molecular flexibility index (Phi) is 7.93. The fraction of sp³-hybridized carbons (Fsp3) is 0.394. The Morgan fingerprint density at radius 1 is 1.02 bits per heavy atom. The Morgan fingerprint density at radius 3 is 2.64 bits per heavy atom. The van der Waals surface area contributed by atoms with Crippen LogP contribution in [-0.2, 0) is 17.9 Å². The Balaban J connectivity index is 1.38. The van der Waals surface area contributed by atoms with E-state index in [-0.39, 0.29) is 11.8 Å². The maximum atomic E-state index is 14.5. The van der Waals surface area contributed by atoms with E-state index in [1.54, 1.807) is 14.0 Å². The van der Waals surface area contributed by atoms with Crippen molar-refractivity contribution >= 4 is 28.6 Å². The summed E-state index contributed by atoms with van der Waals surface area (Å²) < 4.78 is 11.0. The molecule has 3 heterocycles. The van der Waals surface area contributed by atoms with Crippen molar-refractivity contribution in [1.29, 1.82) is 0 Å². The van der Waals surface area contributed by atoms with Gasteiger partial charge >= 0.3 is 0 Å². The number of methoxy groups -OCH3 is 1. The van der Waals surface area contributed by atoms with Gasteiger partial charge in [0.15, 0.2) is 0 Å². The number of ether oxygens (including phenoxy) is 1. The zero-order valence-electron chi connectivity index (χ0n) is 24.5. The van der Waals surface area contributed by atoms with Crippen LogP contribution in [0.2, 0.25) is 0 Å². The highest BCUT2D eigenvalue weighted by Gasteiger charge is 2.31. The van der Waals surface area contributed by atoms with Crippen molar-refractivity contribution in [3.63, 3.8) is 0 Å². The number of pyridine rings is 1. The zero-order valence-corrected chi connectivity index (χ0v) is 24.5.